The highest BCUT2D eigenvalue weighted by Crippen LogP contribution is 2.30. The Morgan fingerprint density at radius 1 is 1.48 bits per heavy atom. The Morgan fingerprint density at radius 3 is 2.48 bits per heavy atom. The van der Waals surface area contributed by atoms with Gasteiger partial charge < -0.3 is 5.32 Å². The van der Waals surface area contributed by atoms with E-state index in [-0.39, 0.29) is 6.07 Å². The monoisotopic (exact) mass is 338 g/mol. The van der Waals surface area contributed by atoms with E-state index in [0.29, 0.717) is 0 Å². The zero-order valence-electron chi connectivity index (χ0n) is 9.89. The van der Waals surface area contributed by atoms with Crippen LogP contribution in [0, 0.1) is 34.1 Å². The Labute approximate surface area is 121 Å². The van der Waals surface area contributed by atoms with Crippen LogP contribution in [0.25, 0.3) is 0 Å². The molecule has 0 saturated carbocycles. The summed E-state index contributed by atoms with van der Waals surface area (Å²) in [5.74, 6) is -3.20. The van der Waals surface area contributed by atoms with Gasteiger partial charge in [-0.2, -0.15) is 4.39 Å². The number of hydrogen-bond donors (Lipinski definition) is 1. The Morgan fingerprint density at radius 2 is 2.05 bits per heavy atom. The maximum atomic E-state index is 13.9. The number of nitrogens with one attached hydrogen (secondary N) is 1. The van der Waals surface area contributed by atoms with Gasteiger partial charge in [-0.25, -0.2) is 12.8 Å². The molecule has 7 nitrogen and oxygen atoms in total. The van der Waals surface area contributed by atoms with Crippen molar-refractivity contribution < 1.29 is 26.9 Å². The molecule has 21 heavy (non-hydrogen) atoms. The van der Waals surface area contributed by atoms with Crippen LogP contribution < -0.4 is 5.32 Å². The first-order valence-corrected chi connectivity index (χ1v) is 7.25. The summed E-state index contributed by atoms with van der Waals surface area (Å²) >= 11 is 0. The predicted molar refractivity (Wildman–Crippen MR) is 67.2 cm³/mol. The predicted octanol–water partition coefficient (Wildman–Crippen LogP) is 1.16. The van der Waals surface area contributed by atoms with Crippen molar-refractivity contribution in [1.29, 1.82) is 0 Å². The molecule has 1 aromatic rings. The molecule has 1 N–H and O–H groups in total. The Kier molecular flexibility index (Phi) is 4.82. The van der Waals surface area contributed by atoms with E-state index in [0.717, 1.165) is 0 Å². The molecule has 0 heterocycles. The fourth-order valence-corrected chi connectivity index (χ4v) is 2.23. The SMILES string of the molecule is C#CCNC(=O)c1c(F)c([N+](=O)[O-])cc(S(=O)(=O)Cl)c1F. The summed E-state index contributed by atoms with van der Waals surface area (Å²) in [5.41, 5.74) is -2.87. The second kappa shape index (κ2) is 6.02. The van der Waals surface area contributed by atoms with E-state index in [4.69, 9.17) is 17.1 Å². The average molecular weight is 339 g/mol. The van der Waals surface area contributed by atoms with Crippen molar-refractivity contribution >= 4 is 31.3 Å². The van der Waals surface area contributed by atoms with Gasteiger partial charge in [0.15, 0.2) is 5.82 Å². The van der Waals surface area contributed by atoms with E-state index < -0.39 is 54.2 Å². The molecule has 0 unspecified atom stereocenters. The van der Waals surface area contributed by atoms with E-state index in [1.54, 1.807) is 0 Å². The van der Waals surface area contributed by atoms with Crippen LogP contribution in [0.15, 0.2) is 11.0 Å². The van der Waals surface area contributed by atoms with Crippen molar-refractivity contribution in [3.05, 3.63) is 33.4 Å². The summed E-state index contributed by atoms with van der Waals surface area (Å²) in [4.78, 5) is 19.5. The van der Waals surface area contributed by atoms with E-state index in [1.165, 1.54) is 0 Å². The number of nitrogens with zero attached hydrogens (tertiary/aromatic N) is 1. The normalized spacial score (nSPS) is 10.8. The molecule has 1 amide bonds. The third-order valence-electron chi connectivity index (χ3n) is 2.19. The van der Waals surface area contributed by atoms with Crippen molar-refractivity contribution in [1.82, 2.24) is 5.32 Å². The summed E-state index contributed by atoms with van der Waals surface area (Å²) < 4.78 is 50.0. The molecule has 0 aliphatic rings. The first-order chi connectivity index (χ1) is 9.61. The summed E-state index contributed by atoms with van der Waals surface area (Å²) in [6.07, 6.45) is 4.83. The van der Waals surface area contributed by atoms with Gasteiger partial charge in [0.1, 0.15) is 10.5 Å². The van der Waals surface area contributed by atoms with E-state index in [1.807, 2.05) is 11.2 Å². The molecular formula is C10H5ClF2N2O5S. The molecule has 0 spiro atoms. The number of nitro groups is 1. The lowest BCUT2D eigenvalue weighted by Crippen LogP contribution is -2.26. The number of terminal acetylenes is 1. The fraction of sp³-hybridized carbons (Fsp3) is 0.100. The van der Waals surface area contributed by atoms with Crippen molar-refractivity contribution in [3.8, 4) is 12.3 Å². The zero-order valence-corrected chi connectivity index (χ0v) is 11.5. The van der Waals surface area contributed by atoms with Crippen LogP contribution in [0.1, 0.15) is 10.4 Å². The van der Waals surface area contributed by atoms with Crippen molar-refractivity contribution in [2.45, 2.75) is 4.90 Å². The topological polar surface area (TPSA) is 106 Å². The molecular weight excluding hydrogens is 334 g/mol. The second-order valence-electron chi connectivity index (χ2n) is 3.48. The number of rotatable bonds is 4. The third kappa shape index (κ3) is 3.45. The van der Waals surface area contributed by atoms with Crippen LogP contribution in [0.2, 0.25) is 0 Å². The van der Waals surface area contributed by atoms with E-state index >= 15 is 0 Å². The number of hydrogen-bond acceptors (Lipinski definition) is 5. The van der Waals surface area contributed by atoms with Crippen LogP contribution in [0.4, 0.5) is 14.5 Å². The lowest BCUT2D eigenvalue weighted by molar-refractivity contribution is -0.387. The minimum absolute atomic E-state index is 0.0883. The molecule has 1 rings (SSSR count). The molecule has 0 radical (unpaired) electrons. The number of amides is 1. The number of carbonyl (C=O) groups excluding carboxylic acids is 1. The van der Waals surface area contributed by atoms with Gasteiger partial charge in [-0.1, -0.05) is 5.92 Å². The molecule has 0 bridgehead atoms. The Hall–Kier alpha value is -2.25. The standard InChI is InChI=1S/C10H5ClF2N2O5S/c1-2-3-14-10(16)7-8(12)5(15(17)18)4-6(9(7)13)21(11,19)20/h1,4H,3H2,(H,14,16). The fourth-order valence-electron chi connectivity index (χ4n) is 1.33. The van der Waals surface area contributed by atoms with Gasteiger partial charge in [-0.15, -0.1) is 6.42 Å². The lowest BCUT2D eigenvalue weighted by atomic mass is 10.1. The van der Waals surface area contributed by atoms with Gasteiger partial charge in [-0.3, -0.25) is 14.9 Å². The van der Waals surface area contributed by atoms with Crippen molar-refractivity contribution in [3.63, 3.8) is 0 Å². The first-order valence-electron chi connectivity index (χ1n) is 4.94. The number of nitro benzene ring substituents is 1. The summed E-state index contributed by atoms with van der Waals surface area (Å²) in [5, 5.41) is 12.5. The second-order valence-corrected chi connectivity index (χ2v) is 6.01. The third-order valence-corrected chi connectivity index (χ3v) is 3.51. The smallest absolute Gasteiger partial charge is 0.307 e. The van der Waals surface area contributed by atoms with Gasteiger partial charge in [0.05, 0.1) is 11.5 Å². The molecule has 0 fully saturated rings. The Balaban J connectivity index is 3.70. The molecule has 0 aromatic heterocycles. The molecule has 112 valence electrons. The molecule has 1 aromatic carbocycles. The highest BCUT2D eigenvalue weighted by molar-refractivity contribution is 8.13. The van der Waals surface area contributed by atoms with Crippen LogP contribution in [0.3, 0.4) is 0 Å². The molecule has 11 heteroatoms. The molecule has 0 aliphatic heterocycles. The molecule has 0 aliphatic carbocycles. The van der Waals surface area contributed by atoms with Crippen LogP contribution >= 0.6 is 10.7 Å². The van der Waals surface area contributed by atoms with Crippen molar-refractivity contribution in [2.24, 2.45) is 0 Å². The van der Waals surface area contributed by atoms with Gasteiger partial charge in [-0.05, 0) is 0 Å². The van der Waals surface area contributed by atoms with Crippen molar-refractivity contribution in [2.75, 3.05) is 6.54 Å². The van der Waals surface area contributed by atoms with Crippen LogP contribution in [-0.4, -0.2) is 25.8 Å². The van der Waals surface area contributed by atoms with Gasteiger partial charge in [0.25, 0.3) is 15.0 Å². The largest absolute Gasteiger partial charge is 0.341 e. The van der Waals surface area contributed by atoms with Crippen LogP contribution in [0.5, 0.6) is 0 Å². The maximum absolute atomic E-state index is 13.9. The first kappa shape index (κ1) is 16.8. The highest BCUT2D eigenvalue weighted by Gasteiger charge is 2.33. The zero-order chi connectivity index (χ0) is 16.4. The summed E-state index contributed by atoms with van der Waals surface area (Å²) in [7, 11) is 0.120. The highest BCUT2D eigenvalue weighted by atomic mass is 35.7. The molecule has 0 atom stereocenters. The minimum atomic E-state index is -4.78. The maximum Gasteiger partial charge on any atom is 0.307 e. The van der Waals surface area contributed by atoms with Gasteiger partial charge >= 0.3 is 5.69 Å². The number of carbonyl (C=O) groups is 1. The lowest BCUT2D eigenvalue weighted by Gasteiger charge is -2.08. The van der Waals surface area contributed by atoms with Gasteiger partial charge in [0, 0.05) is 16.7 Å². The summed E-state index contributed by atoms with van der Waals surface area (Å²) in [6, 6.07) is 0.0883. The van der Waals surface area contributed by atoms with Gasteiger partial charge in [0.2, 0.25) is 5.82 Å². The van der Waals surface area contributed by atoms with E-state index in [9.17, 15) is 32.1 Å². The summed E-state index contributed by atoms with van der Waals surface area (Å²) in [6.45, 7) is -0.427. The number of halogens is 3. The quantitative estimate of drug-likeness (QED) is 0.384. The number of benzene rings is 1. The van der Waals surface area contributed by atoms with Crippen LogP contribution in [-0.2, 0) is 9.05 Å². The Bertz CT molecular complexity index is 773. The molecule has 0 saturated heterocycles. The average Bonchev–Trinajstić information content (AvgIpc) is 2.34. The van der Waals surface area contributed by atoms with E-state index in [2.05, 4.69) is 0 Å². The minimum Gasteiger partial charge on any atom is -0.341 e.